The van der Waals surface area contributed by atoms with Gasteiger partial charge in [0.15, 0.2) is 0 Å². The molecule has 0 aliphatic heterocycles. The summed E-state index contributed by atoms with van der Waals surface area (Å²) in [7, 11) is 18.5. The molecule has 0 aromatic rings. The van der Waals surface area contributed by atoms with Crippen molar-refractivity contribution in [3.05, 3.63) is 0 Å². The van der Waals surface area contributed by atoms with Crippen LogP contribution in [0.25, 0.3) is 0 Å². The summed E-state index contributed by atoms with van der Waals surface area (Å²) in [6.45, 7) is 0. The van der Waals surface area contributed by atoms with Crippen LogP contribution in [-0.2, 0) is 7.83 Å². The van der Waals surface area contributed by atoms with Crippen LogP contribution in [0.2, 0.25) is 0 Å². The summed E-state index contributed by atoms with van der Waals surface area (Å²) in [5.74, 6) is 0. The summed E-state index contributed by atoms with van der Waals surface area (Å²) in [4.78, 5) is 0. The van der Waals surface area contributed by atoms with Gasteiger partial charge in [-0.1, -0.05) is 0 Å². The van der Waals surface area contributed by atoms with Gasteiger partial charge in [-0.2, -0.15) is 0 Å². The van der Waals surface area contributed by atoms with Gasteiger partial charge in [-0.25, -0.2) is 0 Å². The van der Waals surface area contributed by atoms with Gasteiger partial charge in [0.2, 0.25) is 0 Å². The first-order valence-electron chi connectivity index (χ1n) is 0.826. The molecule has 9 heteroatoms. The summed E-state index contributed by atoms with van der Waals surface area (Å²) >= 11 is 0. The van der Waals surface area contributed by atoms with E-state index in [1.54, 1.807) is 0 Å². The van der Waals surface area contributed by atoms with Gasteiger partial charge in [-0.3, -0.25) is 0 Å². The fraction of sp³-hybridized carbons (Fsp3) is 0. The van der Waals surface area contributed by atoms with Crippen LogP contribution in [0, 0.1) is 0 Å². The molecule has 1 nitrogen and oxygen atoms in total. The van der Waals surface area contributed by atoms with Crippen molar-refractivity contribution in [3.8, 4) is 0 Å². The van der Waals surface area contributed by atoms with Crippen LogP contribution < -0.4 is 103 Å². The summed E-state index contributed by atoms with van der Waals surface area (Å²) in [5.41, 5.74) is 0. The Morgan fingerprint density at radius 2 is 0.778 bits per heavy atom. The molecule has 0 aliphatic carbocycles. The molecule has 0 bridgehead atoms. The van der Waals surface area contributed by atoms with Gasteiger partial charge in [0.1, 0.15) is 0 Å². The Morgan fingerprint density at radius 1 is 0.778 bits per heavy atom. The third kappa shape index (κ3) is 60.4. The maximum atomic E-state index is 8.45. The molecular weight excluding hydrogens is 373 g/mol. The fourth-order valence-electron chi connectivity index (χ4n) is 0. The first kappa shape index (κ1) is 19.8. The Balaban J connectivity index is -0.000000180. The fourth-order valence-corrected chi connectivity index (χ4v) is 0. The van der Waals surface area contributed by atoms with E-state index in [1.165, 1.54) is 0 Å². The van der Waals surface area contributed by atoms with Crippen LogP contribution in [-0.4, -0.2) is 3.93 Å². The van der Waals surface area contributed by atoms with Crippen LogP contribution in [0.1, 0.15) is 0 Å². The van der Waals surface area contributed by atoms with E-state index in [0.717, 1.165) is 0 Å². The molecule has 0 saturated carbocycles. The molecule has 52 valence electrons. The average molecular weight is 374 g/mol. The predicted octanol–water partition coefficient (Wildman–Crippen LogP) is -3.10. The molecule has 1 N–H and O–H groups in total. The molecule has 0 aromatic carbocycles. The van der Waals surface area contributed by atoms with Gasteiger partial charge >= 0.3 is 163 Å². The quantitative estimate of drug-likeness (QED) is 0.446. The van der Waals surface area contributed by atoms with Gasteiger partial charge in [-0.05, 0) is 0 Å². The van der Waals surface area contributed by atoms with Crippen molar-refractivity contribution in [1.82, 2.24) is 0 Å². The third-order valence-corrected chi connectivity index (χ3v) is 0. The third-order valence-electron chi connectivity index (χ3n) is 0. The monoisotopic (exact) mass is 372 g/mol. The molecule has 9 heavy (non-hydrogen) atoms. The van der Waals surface area contributed by atoms with Crippen molar-refractivity contribution in [1.29, 1.82) is 0 Å². The molecule has 0 aromatic heterocycles. The Hall–Kier alpha value is 5.31. The molecular formula is HCl5K2ORu. The molecule has 0 aliphatic rings. The van der Waals surface area contributed by atoms with E-state index in [0.29, 0.717) is 0 Å². The van der Waals surface area contributed by atoms with Crippen molar-refractivity contribution in [2.24, 2.45) is 0 Å². The van der Waals surface area contributed by atoms with E-state index in [4.69, 9.17) is 52.4 Å². The van der Waals surface area contributed by atoms with E-state index in [9.17, 15) is 0 Å². The molecule has 0 unspecified atom stereocenters. The van der Waals surface area contributed by atoms with Crippen molar-refractivity contribution >= 4 is 48.5 Å². The van der Waals surface area contributed by atoms with E-state index >= 15 is 0 Å². The summed E-state index contributed by atoms with van der Waals surface area (Å²) in [6.07, 6.45) is 0. The number of rotatable bonds is 0. The Morgan fingerprint density at radius 3 is 0.778 bits per heavy atom. The van der Waals surface area contributed by atoms with E-state index in [2.05, 4.69) is 0 Å². The molecule has 0 spiro atoms. The Labute approximate surface area is 158 Å². The van der Waals surface area contributed by atoms with Gasteiger partial charge < -0.3 is 0 Å². The Kier molecular flexibility index (Phi) is 10.8. The molecule has 0 saturated heterocycles. The molecule has 0 rings (SSSR count). The number of hydrogen-bond acceptors (Lipinski definition) is 1. The van der Waals surface area contributed by atoms with E-state index in [1.807, 2.05) is 0 Å². The number of hydrogen-bond donors (Lipinski definition) is 1. The van der Waals surface area contributed by atoms with Crippen LogP contribution in [0.15, 0.2) is 0 Å². The van der Waals surface area contributed by atoms with Crippen molar-refractivity contribution < 1.29 is 115 Å². The molecule has 0 atom stereocenters. The summed E-state index contributed by atoms with van der Waals surface area (Å²) in [6, 6.07) is 0. The van der Waals surface area contributed by atoms with E-state index in [-0.39, 0.29) is 103 Å². The van der Waals surface area contributed by atoms with Gasteiger partial charge in [0, 0.05) is 0 Å². The van der Waals surface area contributed by atoms with Gasteiger partial charge in [-0.15, -0.1) is 0 Å². The van der Waals surface area contributed by atoms with Crippen LogP contribution in [0.5, 0.6) is 0 Å². The van der Waals surface area contributed by atoms with Crippen molar-refractivity contribution in [2.45, 2.75) is 0 Å². The molecule has 0 heterocycles. The predicted molar refractivity (Wildman–Crippen MR) is 31.5 cm³/mol. The first-order chi connectivity index (χ1) is 2.45. The Bertz CT molecular complexity index is 73.5. The average Bonchev–Trinajstić information content (AvgIpc) is 0.592. The van der Waals surface area contributed by atoms with E-state index < -0.39 is 7.83 Å². The molecule has 0 radical (unpaired) electrons. The maximum absolute atomic E-state index is 8.45. The zero-order valence-corrected chi connectivity index (χ0v) is 16.5. The SMILES string of the molecule is [K+].[K+].[OH][Ru-2]([Cl])([Cl])([Cl])([Cl])[Cl]. The zero-order valence-electron chi connectivity index (χ0n) is 4.69. The standard InChI is InChI=1S/5ClH.2K.H2O.Ru/h5*1H;;;1H2;/q;;;;;2*+1;;+4/p-6. The van der Waals surface area contributed by atoms with Crippen LogP contribution in [0.4, 0.5) is 0 Å². The summed E-state index contributed by atoms with van der Waals surface area (Å²) < 4.78 is 8.45. The van der Waals surface area contributed by atoms with Crippen LogP contribution in [0.3, 0.4) is 0 Å². The van der Waals surface area contributed by atoms with Gasteiger partial charge in [0.25, 0.3) is 0 Å². The second kappa shape index (κ2) is 4.89. The minimum atomic E-state index is -5.69. The minimum absolute atomic E-state index is 0. The topological polar surface area (TPSA) is 20.2 Å². The normalized spacial score (nSPS) is 18.0. The second-order valence-corrected chi connectivity index (χ2v) is 32.2. The zero-order chi connectivity index (χ0) is 6.41. The summed E-state index contributed by atoms with van der Waals surface area (Å²) in [5, 5.41) is 0. The van der Waals surface area contributed by atoms with Gasteiger partial charge in [0.05, 0.1) is 0 Å². The molecule has 0 amide bonds. The van der Waals surface area contributed by atoms with Crippen LogP contribution >= 0.6 is 48.5 Å². The van der Waals surface area contributed by atoms with Crippen molar-refractivity contribution in [3.63, 3.8) is 0 Å². The molecule has 0 fully saturated rings. The second-order valence-electron chi connectivity index (χ2n) is 0.804. The number of halogens is 5. The van der Waals surface area contributed by atoms with Crippen molar-refractivity contribution in [2.75, 3.05) is 0 Å². The first-order valence-corrected chi connectivity index (χ1v) is 12.8.